The molecule has 0 fully saturated rings. The van der Waals surface area contributed by atoms with Crippen LogP contribution in [0.4, 0.5) is 0 Å². The zero-order chi connectivity index (χ0) is 20.9. The molecule has 3 heteroatoms. The molecule has 0 unspecified atom stereocenters. The summed E-state index contributed by atoms with van der Waals surface area (Å²) in [6.45, 7) is 8.80. The summed E-state index contributed by atoms with van der Waals surface area (Å²) in [5, 5.41) is 0. The van der Waals surface area contributed by atoms with E-state index in [1.807, 2.05) is 0 Å². The van der Waals surface area contributed by atoms with Gasteiger partial charge < -0.3 is 0 Å². The average molecular weight is 584 g/mol. The molecule has 31 heavy (non-hydrogen) atoms. The second-order valence-corrected chi connectivity index (χ2v) is 9.09. The summed E-state index contributed by atoms with van der Waals surface area (Å²) in [5.41, 5.74) is 7.79. The molecule has 2 aromatic carbocycles. The van der Waals surface area contributed by atoms with E-state index in [0.717, 1.165) is 45.1 Å². The number of rotatable bonds is 0. The molecule has 0 aliphatic carbocycles. The summed E-state index contributed by atoms with van der Waals surface area (Å²) in [4.78, 5) is 9.86. The summed E-state index contributed by atoms with van der Waals surface area (Å²) < 4.78 is 0. The second-order valence-electron chi connectivity index (χ2n) is 9.09. The van der Waals surface area contributed by atoms with Gasteiger partial charge in [-0.05, 0) is 24.3 Å². The van der Waals surface area contributed by atoms with Crippen LogP contribution < -0.4 is 0 Å². The van der Waals surface area contributed by atoms with E-state index in [4.69, 9.17) is 9.98 Å². The molecular weight excluding hydrogens is 559 g/mol. The molecular formula is C28H24N2Pt. The van der Waals surface area contributed by atoms with Gasteiger partial charge in [0.05, 0.1) is 0 Å². The van der Waals surface area contributed by atoms with Crippen molar-refractivity contribution in [3.8, 4) is 0 Å². The van der Waals surface area contributed by atoms with E-state index in [0.29, 0.717) is 0 Å². The predicted molar refractivity (Wildman–Crippen MR) is 126 cm³/mol. The second kappa shape index (κ2) is 7.84. The van der Waals surface area contributed by atoms with Crippen LogP contribution in [-0.4, -0.2) is 11.4 Å². The van der Waals surface area contributed by atoms with E-state index in [1.54, 1.807) is 0 Å². The molecule has 0 amide bonds. The fourth-order valence-corrected chi connectivity index (χ4v) is 4.08. The van der Waals surface area contributed by atoms with Gasteiger partial charge in [-0.25, -0.2) is 0 Å². The van der Waals surface area contributed by atoms with Gasteiger partial charge in [0.25, 0.3) is 0 Å². The fourth-order valence-electron chi connectivity index (χ4n) is 4.08. The number of fused-ring (bicyclic) bond motifs is 6. The Morgan fingerprint density at radius 2 is 1.03 bits per heavy atom. The van der Waals surface area contributed by atoms with Gasteiger partial charge in [-0.1, -0.05) is 27.7 Å². The predicted octanol–water partition coefficient (Wildman–Crippen LogP) is 6.26. The molecule has 0 saturated carbocycles. The zero-order valence-corrected chi connectivity index (χ0v) is 20.4. The minimum Gasteiger partial charge on any atom is -0.263 e. The summed E-state index contributed by atoms with van der Waals surface area (Å²) in [7, 11) is 0. The third-order valence-electron chi connectivity index (χ3n) is 6.19. The quantitative estimate of drug-likeness (QED) is 0.328. The van der Waals surface area contributed by atoms with Crippen molar-refractivity contribution in [1.82, 2.24) is 0 Å². The van der Waals surface area contributed by atoms with Crippen LogP contribution in [0.2, 0.25) is 0 Å². The largest absolute Gasteiger partial charge is 2.00 e. The maximum absolute atomic E-state index is 4.93. The summed E-state index contributed by atoms with van der Waals surface area (Å²) in [5.74, 6) is 0. The molecule has 0 aromatic heterocycles. The first kappa shape index (κ1) is 21.7. The van der Waals surface area contributed by atoms with Crippen molar-refractivity contribution >= 4 is 23.6 Å². The summed E-state index contributed by atoms with van der Waals surface area (Å²) >= 11 is 0. The standard InChI is InChI=1S/C28H24N2.Pt/c1-27(2)21-9-5-7-19(15-21)17-24-12-14-26(30-24)28(3,4)22-10-6-8-20(16-22)18-23-11-13-25(27)29-23;/h5-14,17-18H,1-4H3;/q-2;+2/b23-18-,24-17-;. The molecule has 3 heterocycles. The minimum atomic E-state index is -0.245. The van der Waals surface area contributed by atoms with Crippen molar-refractivity contribution in [2.45, 2.75) is 38.5 Å². The molecule has 0 spiro atoms. The first-order valence-electron chi connectivity index (χ1n) is 10.4. The van der Waals surface area contributed by atoms with E-state index in [-0.39, 0.29) is 31.9 Å². The van der Waals surface area contributed by atoms with Gasteiger partial charge in [-0.3, -0.25) is 9.98 Å². The minimum absolute atomic E-state index is 0. The zero-order valence-electron chi connectivity index (χ0n) is 18.1. The van der Waals surface area contributed by atoms with Crippen molar-refractivity contribution < 1.29 is 21.1 Å². The molecule has 2 aromatic rings. The number of hydrogen-bond donors (Lipinski definition) is 0. The van der Waals surface area contributed by atoms with Gasteiger partial charge >= 0.3 is 21.1 Å². The Morgan fingerprint density at radius 1 is 0.613 bits per heavy atom. The van der Waals surface area contributed by atoms with E-state index >= 15 is 0 Å². The van der Waals surface area contributed by atoms with Crippen LogP contribution in [0.25, 0.3) is 12.2 Å². The van der Waals surface area contributed by atoms with Gasteiger partial charge in [-0.2, -0.15) is 0 Å². The average Bonchev–Trinajstić information content (AvgIpc) is 3.38. The third kappa shape index (κ3) is 3.90. The first-order chi connectivity index (χ1) is 14.3. The first-order valence-corrected chi connectivity index (χ1v) is 10.4. The number of aliphatic imine (C=N–C) groups is 2. The molecule has 8 bridgehead atoms. The Morgan fingerprint density at radius 3 is 1.45 bits per heavy atom. The van der Waals surface area contributed by atoms with Crippen LogP contribution in [0.1, 0.15) is 49.9 Å². The van der Waals surface area contributed by atoms with Crippen LogP contribution in [0.5, 0.6) is 0 Å². The number of benzene rings is 2. The molecule has 0 radical (unpaired) electrons. The SMILES string of the molecule is CC1(C)C2=N/C(=C\c3[c-]c(ccc3)C(C)(C)C3=N/C(=C\c4[c-]c1ccc4)C=C3)C=C2.[Pt+2]. The van der Waals surface area contributed by atoms with Crippen LogP contribution in [0.3, 0.4) is 0 Å². The molecule has 0 N–H and O–H groups in total. The van der Waals surface area contributed by atoms with Gasteiger partial charge in [-0.15, -0.1) is 82.9 Å². The van der Waals surface area contributed by atoms with E-state index in [9.17, 15) is 0 Å². The van der Waals surface area contributed by atoms with E-state index in [2.05, 4.69) is 113 Å². The maximum Gasteiger partial charge on any atom is 2.00 e. The van der Waals surface area contributed by atoms with Gasteiger partial charge in [0.15, 0.2) is 0 Å². The number of hydrogen-bond acceptors (Lipinski definition) is 2. The fraction of sp³-hybridized carbons (Fsp3) is 0.214. The Labute approximate surface area is 199 Å². The molecule has 0 saturated heterocycles. The molecule has 2 nitrogen and oxygen atoms in total. The Bertz CT molecular complexity index is 1140. The van der Waals surface area contributed by atoms with Crippen LogP contribution in [0.15, 0.2) is 82.1 Å². The normalized spacial score (nSPS) is 23.1. The summed E-state index contributed by atoms with van der Waals surface area (Å²) in [6, 6.07) is 19.8. The topological polar surface area (TPSA) is 24.7 Å². The molecule has 0 atom stereocenters. The Kier molecular flexibility index (Phi) is 5.48. The summed E-state index contributed by atoms with van der Waals surface area (Å²) in [6.07, 6.45) is 12.6. The van der Waals surface area contributed by atoms with Crippen LogP contribution in [-0.2, 0) is 31.9 Å². The van der Waals surface area contributed by atoms with E-state index in [1.165, 1.54) is 0 Å². The smallest absolute Gasteiger partial charge is 0.263 e. The molecule has 3 aliphatic rings. The van der Waals surface area contributed by atoms with Crippen molar-refractivity contribution in [2.24, 2.45) is 9.98 Å². The van der Waals surface area contributed by atoms with Crippen molar-refractivity contribution in [2.75, 3.05) is 0 Å². The number of nitrogens with zero attached hydrogens (tertiary/aromatic N) is 2. The van der Waals surface area contributed by atoms with Gasteiger partial charge in [0.1, 0.15) is 0 Å². The van der Waals surface area contributed by atoms with Crippen LogP contribution >= 0.6 is 0 Å². The van der Waals surface area contributed by atoms with Gasteiger partial charge in [0.2, 0.25) is 0 Å². The molecule has 3 aliphatic heterocycles. The van der Waals surface area contributed by atoms with E-state index < -0.39 is 0 Å². The monoisotopic (exact) mass is 583 g/mol. The molecule has 5 rings (SSSR count). The molecule has 156 valence electrons. The third-order valence-corrected chi connectivity index (χ3v) is 6.19. The van der Waals surface area contributed by atoms with Crippen molar-refractivity contribution in [1.29, 1.82) is 0 Å². The van der Waals surface area contributed by atoms with Gasteiger partial charge in [0, 0.05) is 33.6 Å². The van der Waals surface area contributed by atoms with Crippen molar-refractivity contribution in [3.63, 3.8) is 0 Å². The van der Waals surface area contributed by atoms with Crippen molar-refractivity contribution in [3.05, 3.63) is 106 Å². The Hall–Kier alpha value is -2.57. The Balaban J connectivity index is 0.00000231. The maximum atomic E-state index is 4.93. The van der Waals surface area contributed by atoms with Crippen LogP contribution in [0, 0.1) is 12.1 Å². The number of allylic oxidation sites excluding steroid dienone is 4.